The normalized spacial score (nSPS) is 19.0. The van der Waals surface area contributed by atoms with Crippen LogP contribution >= 0.6 is 11.6 Å². The number of nitrogens with zero attached hydrogens (tertiary/aromatic N) is 1. The molecule has 0 amide bonds. The highest BCUT2D eigenvalue weighted by Crippen LogP contribution is 2.29. The molecule has 1 saturated heterocycles. The van der Waals surface area contributed by atoms with Gasteiger partial charge in [0, 0.05) is 23.7 Å². The van der Waals surface area contributed by atoms with E-state index in [2.05, 4.69) is 0 Å². The number of halogens is 1. The first-order valence-electron chi connectivity index (χ1n) is 8.44. The van der Waals surface area contributed by atoms with E-state index >= 15 is 0 Å². The summed E-state index contributed by atoms with van der Waals surface area (Å²) >= 11 is 6.22. The Bertz CT molecular complexity index is 795. The molecular weight excluding hydrogens is 358 g/mol. The largest absolute Gasteiger partial charge is 0.371 e. The van der Waals surface area contributed by atoms with Crippen LogP contribution < -0.4 is 0 Å². The van der Waals surface area contributed by atoms with Gasteiger partial charge < -0.3 is 4.74 Å². The second-order valence-electron chi connectivity index (χ2n) is 6.14. The van der Waals surface area contributed by atoms with E-state index in [1.807, 2.05) is 48.5 Å². The summed E-state index contributed by atoms with van der Waals surface area (Å²) in [5.41, 5.74) is 2.00. The van der Waals surface area contributed by atoms with Crippen LogP contribution in [0.1, 0.15) is 23.7 Å². The lowest BCUT2D eigenvalue weighted by atomic mass is 10.1. The third kappa shape index (κ3) is 4.82. The molecule has 1 atom stereocenters. The zero-order valence-electron chi connectivity index (χ0n) is 14.0. The number of benzene rings is 2. The molecule has 0 bridgehead atoms. The number of rotatable bonds is 6. The monoisotopic (exact) mass is 379 g/mol. The fraction of sp³-hybridized carbons (Fsp3) is 0.368. The van der Waals surface area contributed by atoms with E-state index in [-0.39, 0.29) is 11.9 Å². The van der Waals surface area contributed by atoms with Crippen molar-refractivity contribution < 1.29 is 13.2 Å². The average Bonchev–Trinajstić information content (AvgIpc) is 2.63. The third-order valence-corrected chi connectivity index (χ3v) is 6.65. The van der Waals surface area contributed by atoms with Gasteiger partial charge >= 0.3 is 0 Å². The van der Waals surface area contributed by atoms with Gasteiger partial charge in [-0.3, -0.25) is 0 Å². The van der Waals surface area contributed by atoms with Crippen LogP contribution in [0.4, 0.5) is 0 Å². The molecule has 1 fully saturated rings. The van der Waals surface area contributed by atoms with Crippen molar-refractivity contribution in [3.63, 3.8) is 0 Å². The molecule has 2 aromatic rings. The standard InChI is InChI=1S/C19H22ClNO3S/c20-18-11-5-4-10-17(18)19-15-21(12-13-24-19)25(22,23)14-6-9-16-7-2-1-3-8-16/h1-5,7-8,10-11,19H,6,9,12-15H2. The molecule has 0 aromatic heterocycles. The first-order chi connectivity index (χ1) is 12.1. The van der Waals surface area contributed by atoms with Crippen molar-refractivity contribution in [2.75, 3.05) is 25.4 Å². The molecule has 2 aromatic carbocycles. The Hall–Kier alpha value is -1.40. The highest BCUT2D eigenvalue weighted by atomic mass is 35.5. The maximum Gasteiger partial charge on any atom is 0.214 e. The summed E-state index contributed by atoms with van der Waals surface area (Å²) < 4.78 is 32.6. The van der Waals surface area contributed by atoms with Crippen LogP contribution in [0.3, 0.4) is 0 Å². The Balaban J connectivity index is 1.61. The minimum absolute atomic E-state index is 0.150. The number of aryl methyl sites for hydroxylation is 1. The highest BCUT2D eigenvalue weighted by Gasteiger charge is 2.30. The molecule has 134 valence electrons. The van der Waals surface area contributed by atoms with Gasteiger partial charge in [0.05, 0.1) is 18.5 Å². The predicted molar refractivity (Wildman–Crippen MR) is 100 cm³/mol. The van der Waals surface area contributed by atoms with Gasteiger partial charge in [-0.05, 0) is 24.5 Å². The smallest absolute Gasteiger partial charge is 0.214 e. The van der Waals surface area contributed by atoms with Gasteiger partial charge in [0.25, 0.3) is 0 Å². The van der Waals surface area contributed by atoms with E-state index in [0.717, 1.165) is 17.5 Å². The van der Waals surface area contributed by atoms with Crippen LogP contribution in [-0.4, -0.2) is 38.2 Å². The van der Waals surface area contributed by atoms with Gasteiger partial charge in [-0.15, -0.1) is 0 Å². The van der Waals surface area contributed by atoms with Crippen LogP contribution in [0.15, 0.2) is 54.6 Å². The van der Waals surface area contributed by atoms with Crippen molar-refractivity contribution >= 4 is 21.6 Å². The fourth-order valence-corrected chi connectivity index (χ4v) is 4.78. The maximum atomic E-state index is 12.7. The van der Waals surface area contributed by atoms with Gasteiger partial charge in [-0.2, -0.15) is 4.31 Å². The van der Waals surface area contributed by atoms with E-state index in [9.17, 15) is 8.42 Å². The third-order valence-electron chi connectivity index (χ3n) is 4.39. The van der Waals surface area contributed by atoms with E-state index in [1.54, 1.807) is 6.07 Å². The Kier molecular flexibility index (Phi) is 6.12. The van der Waals surface area contributed by atoms with Gasteiger partial charge in [0.2, 0.25) is 10.0 Å². The number of hydrogen-bond donors (Lipinski definition) is 0. The summed E-state index contributed by atoms with van der Waals surface area (Å²) in [6, 6.07) is 17.4. The molecule has 4 nitrogen and oxygen atoms in total. The van der Waals surface area contributed by atoms with Crippen LogP contribution in [0.25, 0.3) is 0 Å². The van der Waals surface area contributed by atoms with Crippen LogP contribution in [0, 0.1) is 0 Å². The molecule has 25 heavy (non-hydrogen) atoms. The van der Waals surface area contributed by atoms with E-state index < -0.39 is 10.0 Å². The molecular formula is C19H22ClNO3S. The molecule has 0 N–H and O–H groups in total. The summed E-state index contributed by atoms with van der Waals surface area (Å²) in [4.78, 5) is 0. The molecule has 3 rings (SSSR count). The van der Waals surface area contributed by atoms with Crippen molar-refractivity contribution in [2.24, 2.45) is 0 Å². The minimum Gasteiger partial charge on any atom is -0.371 e. The highest BCUT2D eigenvalue weighted by molar-refractivity contribution is 7.89. The number of hydrogen-bond acceptors (Lipinski definition) is 3. The lowest BCUT2D eigenvalue weighted by molar-refractivity contribution is -0.00249. The summed E-state index contributed by atoms with van der Waals surface area (Å²) in [6.45, 7) is 1.10. The molecule has 6 heteroatoms. The van der Waals surface area contributed by atoms with Crippen molar-refractivity contribution in [3.05, 3.63) is 70.7 Å². The number of sulfonamides is 1. The van der Waals surface area contributed by atoms with Crippen LogP contribution in [-0.2, 0) is 21.2 Å². The molecule has 1 heterocycles. The summed E-state index contributed by atoms with van der Waals surface area (Å²) in [5, 5.41) is 0.607. The zero-order valence-corrected chi connectivity index (χ0v) is 15.5. The van der Waals surface area contributed by atoms with E-state index in [1.165, 1.54) is 4.31 Å². The van der Waals surface area contributed by atoms with Crippen LogP contribution in [0.5, 0.6) is 0 Å². The Morgan fingerprint density at radius 3 is 2.56 bits per heavy atom. The van der Waals surface area contributed by atoms with E-state index in [4.69, 9.17) is 16.3 Å². The van der Waals surface area contributed by atoms with Crippen LogP contribution in [0.2, 0.25) is 5.02 Å². The lowest BCUT2D eigenvalue weighted by Gasteiger charge is -2.32. The SMILES string of the molecule is O=S(=O)(CCCc1ccccc1)N1CCOC(c2ccccc2Cl)C1. The fourth-order valence-electron chi connectivity index (χ4n) is 3.04. The summed E-state index contributed by atoms with van der Waals surface area (Å²) in [5.74, 6) is 0.150. The van der Waals surface area contributed by atoms with Gasteiger partial charge in [0.1, 0.15) is 0 Å². The summed E-state index contributed by atoms with van der Waals surface area (Å²) in [6.07, 6.45) is 1.06. The van der Waals surface area contributed by atoms with Gasteiger partial charge in [-0.25, -0.2) is 8.42 Å². The predicted octanol–water partition coefficient (Wildman–Crippen LogP) is 3.68. The Morgan fingerprint density at radius 2 is 1.80 bits per heavy atom. The molecule has 0 radical (unpaired) electrons. The van der Waals surface area contributed by atoms with Gasteiger partial charge in [-0.1, -0.05) is 60.1 Å². The number of ether oxygens (including phenoxy) is 1. The van der Waals surface area contributed by atoms with Crippen molar-refractivity contribution in [3.8, 4) is 0 Å². The zero-order chi connectivity index (χ0) is 17.7. The first-order valence-corrected chi connectivity index (χ1v) is 10.4. The van der Waals surface area contributed by atoms with Crippen molar-refractivity contribution in [1.82, 2.24) is 4.31 Å². The first kappa shape index (κ1) is 18.4. The number of morpholine rings is 1. The summed E-state index contributed by atoms with van der Waals surface area (Å²) in [7, 11) is -3.30. The second kappa shape index (κ2) is 8.32. The van der Waals surface area contributed by atoms with E-state index in [0.29, 0.717) is 31.1 Å². The minimum atomic E-state index is -3.30. The molecule has 1 unspecified atom stereocenters. The molecule has 0 saturated carbocycles. The molecule has 1 aliphatic rings. The topological polar surface area (TPSA) is 46.6 Å². The quantitative estimate of drug-likeness (QED) is 0.769. The maximum absolute atomic E-state index is 12.7. The Morgan fingerprint density at radius 1 is 1.08 bits per heavy atom. The van der Waals surface area contributed by atoms with Crippen molar-refractivity contribution in [1.29, 1.82) is 0 Å². The van der Waals surface area contributed by atoms with Gasteiger partial charge in [0.15, 0.2) is 0 Å². The average molecular weight is 380 g/mol. The molecule has 1 aliphatic heterocycles. The van der Waals surface area contributed by atoms with Crippen molar-refractivity contribution in [2.45, 2.75) is 18.9 Å². The lowest BCUT2D eigenvalue weighted by Crippen LogP contribution is -2.43. The molecule has 0 spiro atoms. The Labute approximate surface area is 154 Å². The second-order valence-corrected chi connectivity index (χ2v) is 8.64. The molecule has 0 aliphatic carbocycles.